The Morgan fingerprint density at radius 3 is 2.65 bits per heavy atom. The summed E-state index contributed by atoms with van der Waals surface area (Å²) in [7, 11) is 0. The molecule has 0 bridgehead atoms. The lowest BCUT2D eigenvalue weighted by molar-refractivity contribution is -0.118. The van der Waals surface area contributed by atoms with Crippen molar-refractivity contribution in [3.8, 4) is 5.75 Å². The largest absolute Gasteiger partial charge is 0.483 e. The van der Waals surface area contributed by atoms with Crippen molar-refractivity contribution in [3.63, 3.8) is 0 Å². The first-order chi connectivity index (χ1) is 12.6. The summed E-state index contributed by atoms with van der Waals surface area (Å²) >= 11 is 3.46. The Labute approximate surface area is 162 Å². The molecule has 0 aliphatic rings. The SMILES string of the molecule is Cc1ccc(NC(=O)COc2ccc(Br)cc2CNCCCCO)cc1. The molecule has 0 heterocycles. The van der Waals surface area contributed by atoms with Crippen LogP contribution < -0.4 is 15.4 Å². The molecule has 0 radical (unpaired) electrons. The van der Waals surface area contributed by atoms with Crippen LogP contribution in [0.3, 0.4) is 0 Å². The Morgan fingerprint density at radius 2 is 1.92 bits per heavy atom. The molecule has 1 amide bonds. The maximum atomic E-state index is 12.1. The van der Waals surface area contributed by atoms with Gasteiger partial charge in [0.1, 0.15) is 5.75 Å². The quantitative estimate of drug-likeness (QED) is 0.513. The molecule has 2 aromatic rings. The molecule has 5 nitrogen and oxygen atoms in total. The normalized spacial score (nSPS) is 10.6. The number of hydrogen-bond donors (Lipinski definition) is 3. The Balaban J connectivity index is 1.87. The highest BCUT2D eigenvalue weighted by Gasteiger charge is 2.08. The van der Waals surface area contributed by atoms with Gasteiger partial charge in [-0.25, -0.2) is 0 Å². The van der Waals surface area contributed by atoms with Crippen LogP contribution in [-0.2, 0) is 11.3 Å². The Morgan fingerprint density at radius 1 is 1.15 bits per heavy atom. The van der Waals surface area contributed by atoms with Gasteiger partial charge in [0.25, 0.3) is 5.91 Å². The number of nitrogens with one attached hydrogen (secondary N) is 2. The first-order valence-corrected chi connectivity index (χ1v) is 9.47. The Hall–Kier alpha value is -1.89. The average molecular weight is 421 g/mol. The second kappa shape index (κ2) is 11.0. The lowest BCUT2D eigenvalue weighted by Gasteiger charge is -2.13. The molecular formula is C20H25BrN2O3. The van der Waals surface area contributed by atoms with Crippen LogP contribution in [0.25, 0.3) is 0 Å². The summed E-state index contributed by atoms with van der Waals surface area (Å²) < 4.78 is 6.67. The molecule has 0 aromatic heterocycles. The van der Waals surface area contributed by atoms with Crippen molar-refractivity contribution in [1.29, 1.82) is 0 Å². The van der Waals surface area contributed by atoms with Gasteiger partial charge >= 0.3 is 0 Å². The number of unbranched alkanes of at least 4 members (excludes halogenated alkanes) is 1. The van der Waals surface area contributed by atoms with Crippen LogP contribution in [0.15, 0.2) is 46.9 Å². The third-order valence-corrected chi connectivity index (χ3v) is 4.29. The number of aryl methyl sites for hydroxylation is 1. The van der Waals surface area contributed by atoms with Crippen LogP contribution >= 0.6 is 15.9 Å². The molecule has 0 spiro atoms. The Kier molecular flexibility index (Phi) is 8.61. The fraction of sp³-hybridized carbons (Fsp3) is 0.350. The summed E-state index contributed by atoms with van der Waals surface area (Å²) in [5.74, 6) is 0.487. The standard InChI is InChI=1S/C20H25BrN2O3/c1-15-4-7-18(8-5-15)23-20(25)14-26-19-9-6-17(21)12-16(19)13-22-10-2-3-11-24/h4-9,12,22,24H,2-3,10-11,13-14H2,1H3,(H,23,25). The van der Waals surface area contributed by atoms with Crippen molar-refractivity contribution < 1.29 is 14.6 Å². The summed E-state index contributed by atoms with van der Waals surface area (Å²) in [5.41, 5.74) is 2.88. The highest BCUT2D eigenvalue weighted by molar-refractivity contribution is 9.10. The summed E-state index contributed by atoms with van der Waals surface area (Å²) in [6.07, 6.45) is 1.70. The number of aliphatic hydroxyl groups is 1. The molecule has 0 saturated carbocycles. The number of carbonyl (C=O) groups excluding carboxylic acids is 1. The number of ether oxygens (including phenoxy) is 1. The van der Waals surface area contributed by atoms with Crippen molar-refractivity contribution in [3.05, 3.63) is 58.1 Å². The van der Waals surface area contributed by atoms with Crippen molar-refractivity contribution in [2.45, 2.75) is 26.3 Å². The number of halogens is 1. The molecule has 0 atom stereocenters. The van der Waals surface area contributed by atoms with Crippen LogP contribution in [0.5, 0.6) is 5.75 Å². The molecule has 0 unspecified atom stereocenters. The number of hydrogen-bond acceptors (Lipinski definition) is 4. The summed E-state index contributed by atoms with van der Waals surface area (Å²) in [6, 6.07) is 13.4. The third-order valence-electron chi connectivity index (χ3n) is 3.79. The van der Waals surface area contributed by atoms with Crippen LogP contribution in [0.1, 0.15) is 24.0 Å². The second-order valence-electron chi connectivity index (χ2n) is 6.06. The molecule has 2 aromatic carbocycles. The molecule has 3 N–H and O–H groups in total. The van der Waals surface area contributed by atoms with Gasteiger partial charge in [-0.2, -0.15) is 0 Å². The van der Waals surface area contributed by atoms with Gasteiger partial charge < -0.3 is 20.5 Å². The lowest BCUT2D eigenvalue weighted by atomic mass is 10.2. The fourth-order valence-electron chi connectivity index (χ4n) is 2.39. The maximum absolute atomic E-state index is 12.1. The molecule has 0 aliphatic carbocycles. The van der Waals surface area contributed by atoms with Gasteiger partial charge in [0.05, 0.1) is 0 Å². The van der Waals surface area contributed by atoms with E-state index in [0.717, 1.165) is 40.7 Å². The topological polar surface area (TPSA) is 70.6 Å². The van der Waals surface area contributed by atoms with Gasteiger partial charge in [-0.1, -0.05) is 33.6 Å². The zero-order chi connectivity index (χ0) is 18.8. The van der Waals surface area contributed by atoms with Gasteiger partial charge in [-0.3, -0.25) is 4.79 Å². The van der Waals surface area contributed by atoms with Crippen molar-refractivity contribution >= 4 is 27.5 Å². The van der Waals surface area contributed by atoms with E-state index in [0.29, 0.717) is 12.3 Å². The summed E-state index contributed by atoms with van der Waals surface area (Å²) in [6.45, 7) is 3.62. The van der Waals surface area contributed by atoms with Crippen LogP contribution in [0, 0.1) is 6.92 Å². The smallest absolute Gasteiger partial charge is 0.262 e. The number of aliphatic hydroxyl groups excluding tert-OH is 1. The van der Waals surface area contributed by atoms with E-state index < -0.39 is 0 Å². The van der Waals surface area contributed by atoms with Crippen LogP contribution in [0.2, 0.25) is 0 Å². The number of carbonyl (C=O) groups is 1. The van der Waals surface area contributed by atoms with E-state index in [1.807, 2.05) is 49.4 Å². The monoisotopic (exact) mass is 420 g/mol. The third kappa shape index (κ3) is 7.15. The minimum atomic E-state index is -0.196. The van der Waals surface area contributed by atoms with Crippen molar-refractivity contribution in [2.24, 2.45) is 0 Å². The predicted molar refractivity (Wildman–Crippen MR) is 107 cm³/mol. The molecule has 6 heteroatoms. The van der Waals surface area contributed by atoms with E-state index in [9.17, 15) is 4.79 Å². The van der Waals surface area contributed by atoms with Crippen molar-refractivity contribution in [1.82, 2.24) is 5.32 Å². The lowest BCUT2D eigenvalue weighted by Crippen LogP contribution is -2.21. The molecule has 0 aliphatic heterocycles. The van der Waals surface area contributed by atoms with Crippen LogP contribution in [-0.4, -0.2) is 30.8 Å². The zero-order valence-electron chi connectivity index (χ0n) is 14.9. The van der Waals surface area contributed by atoms with Gasteiger partial charge in [0.2, 0.25) is 0 Å². The minimum absolute atomic E-state index is 0.0486. The highest BCUT2D eigenvalue weighted by atomic mass is 79.9. The number of benzene rings is 2. The van der Waals surface area contributed by atoms with Gasteiger partial charge in [-0.05, 0) is 56.6 Å². The second-order valence-corrected chi connectivity index (χ2v) is 6.98. The highest BCUT2D eigenvalue weighted by Crippen LogP contribution is 2.23. The number of amides is 1. The summed E-state index contributed by atoms with van der Waals surface area (Å²) in [4.78, 5) is 12.1. The molecule has 0 saturated heterocycles. The van der Waals surface area contributed by atoms with E-state index in [2.05, 4.69) is 26.6 Å². The number of rotatable bonds is 10. The van der Waals surface area contributed by atoms with E-state index in [1.165, 1.54) is 0 Å². The first kappa shape index (κ1) is 20.4. The van der Waals surface area contributed by atoms with Crippen molar-refractivity contribution in [2.75, 3.05) is 25.1 Å². The Bertz CT molecular complexity index is 705. The molecule has 0 fully saturated rings. The van der Waals surface area contributed by atoms with Gasteiger partial charge in [0, 0.05) is 28.9 Å². The number of anilines is 1. The minimum Gasteiger partial charge on any atom is -0.483 e. The van der Waals surface area contributed by atoms with Gasteiger partial charge in [0.15, 0.2) is 6.61 Å². The van der Waals surface area contributed by atoms with E-state index >= 15 is 0 Å². The molecule has 140 valence electrons. The molecule has 2 rings (SSSR count). The van der Waals surface area contributed by atoms with E-state index in [-0.39, 0.29) is 19.1 Å². The molecule has 26 heavy (non-hydrogen) atoms. The summed E-state index contributed by atoms with van der Waals surface area (Å²) in [5, 5.41) is 15.0. The van der Waals surface area contributed by atoms with E-state index in [1.54, 1.807) is 0 Å². The molecular weight excluding hydrogens is 396 g/mol. The first-order valence-electron chi connectivity index (χ1n) is 8.68. The maximum Gasteiger partial charge on any atom is 0.262 e. The fourth-order valence-corrected chi connectivity index (χ4v) is 2.80. The predicted octanol–water partition coefficient (Wildman–Crippen LogP) is 3.64. The van der Waals surface area contributed by atoms with E-state index in [4.69, 9.17) is 9.84 Å². The zero-order valence-corrected chi connectivity index (χ0v) is 16.5. The van der Waals surface area contributed by atoms with Crippen LogP contribution in [0.4, 0.5) is 5.69 Å². The van der Waals surface area contributed by atoms with Gasteiger partial charge in [-0.15, -0.1) is 0 Å². The average Bonchev–Trinajstić information content (AvgIpc) is 2.63.